The van der Waals surface area contributed by atoms with Crippen LogP contribution in [0.25, 0.3) is 6.08 Å². The minimum Gasteiger partial charge on any atom is -0.493 e. The maximum atomic E-state index is 12.5. The van der Waals surface area contributed by atoms with Crippen molar-refractivity contribution in [1.29, 1.82) is 0 Å². The monoisotopic (exact) mass is 478 g/mol. The molecule has 0 saturated carbocycles. The molecule has 31 heavy (non-hydrogen) atoms. The quantitative estimate of drug-likeness (QED) is 0.159. The SMILES string of the molecule is CCN1C(=O)/C(=C/c2cc([N+](=O)[O-])ccc2OCCCOc2ccc(Cl)cc2)SC1=S. The van der Waals surface area contributed by atoms with Crippen molar-refractivity contribution in [2.75, 3.05) is 19.8 Å². The summed E-state index contributed by atoms with van der Waals surface area (Å²) in [6.07, 6.45) is 2.18. The fourth-order valence-electron chi connectivity index (χ4n) is 2.77. The average molecular weight is 479 g/mol. The highest BCUT2D eigenvalue weighted by atomic mass is 35.5. The van der Waals surface area contributed by atoms with Crippen LogP contribution in [0, 0.1) is 10.1 Å². The molecule has 1 fully saturated rings. The van der Waals surface area contributed by atoms with Crippen LogP contribution in [0.1, 0.15) is 18.9 Å². The highest BCUT2D eigenvalue weighted by Gasteiger charge is 2.31. The Morgan fingerprint density at radius 1 is 1.19 bits per heavy atom. The molecule has 0 unspecified atom stereocenters. The summed E-state index contributed by atoms with van der Waals surface area (Å²) in [5.41, 5.74) is 0.361. The van der Waals surface area contributed by atoms with Crippen LogP contribution in [-0.2, 0) is 4.79 Å². The van der Waals surface area contributed by atoms with Gasteiger partial charge >= 0.3 is 0 Å². The molecule has 0 spiro atoms. The van der Waals surface area contributed by atoms with Crippen LogP contribution in [0.15, 0.2) is 47.4 Å². The normalized spacial score (nSPS) is 14.9. The molecule has 162 valence electrons. The first-order chi connectivity index (χ1) is 14.9. The van der Waals surface area contributed by atoms with Gasteiger partial charge in [0.25, 0.3) is 11.6 Å². The van der Waals surface area contributed by atoms with Crippen LogP contribution >= 0.6 is 35.6 Å². The van der Waals surface area contributed by atoms with E-state index in [-0.39, 0.29) is 11.6 Å². The summed E-state index contributed by atoms with van der Waals surface area (Å²) in [5, 5.41) is 11.8. The Morgan fingerprint density at radius 3 is 2.55 bits per heavy atom. The lowest BCUT2D eigenvalue weighted by atomic mass is 10.1. The number of benzene rings is 2. The highest BCUT2D eigenvalue weighted by Crippen LogP contribution is 2.35. The zero-order valence-corrected chi connectivity index (χ0v) is 19.0. The molecule has 0 bridgehead atoms. The second-order valence-electron chi connectivity index (χ2n) is 6.41. The van der Waals surface area contributed by atoms with Crippen LogP contribution in [0.2, 0.25) is 5.02 Å². The second-order valence-corrected chi connectivity index (χ2v) is 8.52. The van der Waals surface area contributed by atoms with E-state index >= 15 is 0 Å². The average Bonchev–Trinajstić information content (AvgIpc) is 3.02. The van der Waals surface area contributed by atoms with Crippen LogP contribution in [0.3, 0.4) is 0 Å². The molecule has 2 aromatic rings. The Morgan fingerprint density at radius 2 is 1.90 bits per heavy atom. The van der Waals surface area contributed by atoms with Gasteiger partial charge < -0.3 is 9.47 Å². The number of halogens is 1. The van der Waals surface area contributed by atoms with Crippen molar-refractivity contribution in [2.24, 2.45) is 0 Å². The van der Waals surface area contributed by atoms with Crippen molar-refractivity contribution in [1.82, 2.24) is 4.90 Å². The van der Waals surface area contributed by atoms with Crippen molar-refractivity contribution in [3.63, 3.8) is 0 Å². The van der Waals surface area contributed by atoms with Gasteiger partial charge in [-0.3, -0.25) is 19.8 Å². The van der Waals surface area contributed by atoms with Gasteiger partial charge in [-0.15, -0.1) is 0 Å². The molecule has 0 aromatic heterocycles. The minimum absolute atomic E-state index is 0.0874. The van der Waals surface area contributed by atoms with E-state index in [0.29, 0.717) is 57.5 Å². The Labute approximate surface area is 194 Å². The van der Waals surface area contributed by atoms with E-state index < -0.39 is 4.92 Å². The lowest BCUT2D eigenvalue weighted by molar-refractivity contribution is -0.384. The zero-order valence-electron chi connectivity index (χ0n) is 16.6. The number of ether oxygens (including phenoxy) is 2. The molecule has 3 rings (SSSR count). The molecule has 1 aliphatic heterocycles. The first-order valence-corrected chi connectivity index (χ1v) is 11.0. The molecule has 0 aliphatic carbocycles. The van der Waals surface area contributed by atoms with Gasteiger partial charge in [-0.25, -0.2) is 0 Å². The summed E-state index contributed by atoms with van der Waals surface area (Å²) in [5.74, 6) is 0.934. The number of carbonyl (C=O) groups excluding carboxylic acids is 1. The molecule has 1 saturated heterocycles. The number of likely N-dealkylation sites (N-methyl/N-ethyl adjacent to an activating group) is 1. The number of nitro benzene ring substituents is 1. The predicted molar refractivity (Wildman–Crippen MR) is 126 cm³/mol. The number of non-ortho nitro benzene ring substituents is 1. The Bertz CT molecular complexity index is 1030. The third-order valence-electron chi connectivity index (χ3n) is 4.31. The van der Waals surface area contributed by atoms with E-state index in [2.05, 4.69) is 0 Å². The van der Waals surface area contributed by atoms with Crippen molar-refractivity contribution < 1.29 is 19.2 Å². The molecular formula is C21H19ClN2O5S2. The summed E-state index contributed by atoms with van der Waals surface area (Å²) >= 11 is 12.2. The summed E-state index contributed by atoms with van der Waals surface area (Å²) in [7, 11) is 0. The number of thiocarbonyl (C=S) groups is 1. The minimum atomic E-state index is -0.488. The second kappa shape index (κ2) is 10.6. The number of hydrogen-bond acceptors (Lipinski definition) is 7. The molecule has 0 N–H and O–H groups in total. The number of nitro groups is 1. The molecule has 7 nitrogen and oxygen atoms in total. The lowest BCUT2D eigenvalue weighted by Crippen LogP contribution is -2.27. The number of hydrogen-bond donors (Lipinski definition) is 0. The van der Waals surface area contributed by atoms with Gasteiger partial charge in [-0.05, 0) is 43.3 Å². The highest BCUT2D eigenvalue weighted by molar-refractivity contribution is 8.26. The zero-order chi connectivity index (χ0) is 22.4. The first-order valence-electron chi connectivity index (χ1n) is 9.44. The third kappa shape index (κ3) is 5.96. The van der Waals surface area contributed by atoms with Gasteiger partial charge in [0.05, 0.1) is 23.0 Å². The van der Waals surface area contributed by atoms with E-state index in [1.807, 2.05) is 6.92 Å². The van der Waals surface area contributed by atoms with E-state index in [1.54, 1.807) is 30.3 Å². The predicted octanol–water partition coefficient (Wildman–Crippen LogP) is 5.32. The van der Waals surface area contributed by atoms with Gasteiger partial charge in [-0.2, -0.15) is 0 Å². The van der Waals surface area contributed by atoms with Crippen molar-refractivity contribution in [2.45, 2.75) is 13.3 Å². The van der Waals surface area contributed by atoms with Crippen LogP contribution in [0.5, 0.6) is 11.5 Å². The number of carbonyl (C=O) groups is 1. The third-order valence-corrected chi connectivity index (χ3v) is 5.94. The number of rotatable bonds is 9. The van der Waals surface area contributed by atoms with Gasteiger partial charge in [0.2, 0.25) is 0 Å². The Hall–Kier alpha value is -2.62. The van der Waals surface area contributed by atoms with Gasteiger partial charge in [-0.1, -0.05) is 35.6 Å². The van der Waals surface area contributed by atoms with Gasteiger partial charge in [0, 0.05) is 35.7 Å². The van der Waals surface area contributed by atoms with E-state index in [4.69, 9.17) is 33.3 Å². The number of thioether (sulfide) groups is 1. The molecular weight excluding hydrogens is 460 g/mol. The maximum Gasteiger partial charge on any atom is 0.270 e. The lowest BCUT2D eigenvalue weighted by Gasteiger charge is -2.11. The largest absolute Gasteiger partial charge is 0.493 e. The molecule has 0 radical (unpaired) electrons. The van der Waals surface area contributed by atoms with Crippen molar-refractivity contribution >= 4 is 57.6 Å². The molecule has 10 heteroatoms. The summed E-state index contributed by atoms with van der Waals surface area (Å²) in [4.78, 5) is 25.1. The summed E-state index contributed by atoms with van der Waals surface area (Å²) in [6, 6.07) is 11.3. The first kappa shape index (κ1) is 23.1. The van der Waals surface area contributed by atoms with Crippen molar-refractivity contribution in [3.05, 3.63) is 68.1 Å². The van der Waals surface area contributed by atoms with E-state index in [1.165, 1.54) is 34.9 Å². The van der Waals surface area contributed by atoms with Crippen LogP contribution < -0.4 is 9.47 Å². The Kier molecular flexibility index (Phi) is 7.89. The molecule has 2 aromatic carbocycles. The smallest absolute Gasteiger partial charge is 0.270 e. The standard InChI is InChI=1S/C21H19ClN2O5S2/c1-2-23-20(25)19(31-21(23)30)13-14-12-16(24(26)27)6-9-18(14)29-11-3-10-28-17-7-4-15(22)5-8-17/h4-9,12-13H,2-3,10-11H2,1H3/b19-13-. The molecule has 1 amide bonds. The van der Waals surface area contributed by atoms with E-state index in [0.717, 1.165) is 0 Å². The van der Waals surface area contributed by atoms with Crippen molar-refractivity contribution in [3.8, 4) is 11.5 Å². The fourth-order valence-corrected chi connectivity index (χ4v) is 4.27. The maximum absolute atomic E-state index is 12.5. The molecule has 0 atom stereocenters. The summed E-state index contributed by atoms with van der Waals surface area (Å²) < 4.78 is 11.9. The number of nitrogens with zero attached hydrogens (tertiary/aromatic N) is 2. The van der Waals surface area contributed by atoms with Gasteiger partial charge in [0.15, 0.2) is 0 Å². The van der Waals surface area contributed by atoms with E-state index in [9.17, 15) is 14.9 Å². The molecule has 1 aliphatic rings. The van der Waals surface area contributed by atoms with Crippen LogP contribution in [-0.4, -0.2) is 39.8 Å². The molecule has 1 heterocycles. The Balaban J connectivity index is 1.68. The summed E-state index contributed by atoms with van der Waals surface area (Å²) in [6.45, 7) is 3.07. The topological polar surface area (TPSA) is 81.9 Å². The fraction of sp³-hybridized carbons (Fsp3) is 0.238. The number of amides is 1. The van der Waals surface area contributed by atoms with Gasteiger partial charge in [0.1, 0.15) is 15.8 Å². The van der Waals surface area contributed by atoms with Crippen LogP contribution in [0.4, 0.5) is 5.69 Å².